The predicted octanol–water partition coefficient (Wildman–Crippen LogP) is 6.16. The quantitative estimate of drug-likeness (QED) is 0.339. The summed E-state index contributed by atoms with van der Waals surface area (Å²) in [5, 5.41) is 4.97. The second-order valence-corrected chi connectivity index (χ2v) is 9.15. The molecule has 0 aliphatic carbocycles. The first kappa shape index (κ1) is 18.9. The first-order valence-corrected chi connectivity index (χ1v) is 10.7. The lowest BCUT2D eigenvalue weighted by Gasteiger charge is -2.28. The van der Waals surface area contributed by atoms with Gasteiger partial charge in [-0.3, -0.25) is 0 Å². The van der Waals surface area contributed by atoms with Gasteiger partial charge in [-0.05, 0) is 47.2 Å². The smallest absolute Gasteiger partial charge is 0.228 e. The Hall–Kier alpha value is -3.07. The Morgan fingerprint density at radius 3 is 2.47 bits per heavy atom. The summed E-state index contributed by atoms with van der Waals surface area (Å²) < 4.78 is 9.00. The molecule has 0 spiro atoms. The van der Waals surface area contributed by atoms with Gasteiger partial charge in [-0.15, -0.1) is 0 Å². The van der Waals surface area contributed by atoms with Gasteiger partial charge in [0.15, 0.2) is 11.9 Å². The van der Waals surface area contributed by atoms with E-state index >= 15 is 0 Å². The second-order valence-electron chi connectivity index (χ2n) is 9.15. The summed E-state index contributed by atoms with van der Waals surface area (Å²) in [6.45, 7) is 6.75. The van der Waals surface area contributed by atoms with Crippen LogP contribution >= 0.6 is 0 Å². The maximum atomic E-state index is 6.75. The van der Waals surface area contributed by atoms with Crippen molar-refractivity contribution in [2.75, 3.05) is 19.0 Å². The van der Waals surface area contributed by atoms with Crippen molar-refractivity contribution < 1.29 is 9.30 Å². The summed E-state index contributed by atoms with van der Waals surface area (Å²) >= 11 is 0. The van der Waals surface area contributed by atoms with Gasteiger partial charge in [0.2, 0.25) is 5.69 Å². The lowest BCUT2D eigenvalue weighted by Crippen LogP contribution is -2.32. The monoisotopic (exact) mass is 397 g/mol. The molecule has 0 atom stereocenters. The van der Waals surface area contributed by atoms with Gasteiger partial charge in [-0.2, -0.15) is 0 Å². The topological polar surface area (TPSA) is 16.4 Å². The number of aromatic nitrogens is 1. The highest BCUT2D eigenvalue weighted by atomic mass is 16.5. The zero-order valence-electron chi connectivity index (χ0n) is 18.7. The number of hydrogen-bond donors (Lipinski definition) is 0. The number of ether oxygens (including phenoxy) is 1. The van der Waals surface area contributed by atoms with Gasteiger partial charge in [-0.25, -0.2) is 4.57 Å². The number of benzene rings is 3. The summed E-state index contributed by atoms with van der Waals surface area (Å²) in [6, 6.07) is 15.4. The van der Waals surface area contributed by atoms with Crippen LogP contribution in [0.4, 0.5) is 5.69 Å². The minimum Gasteiger partial charge on any atom is -0.453 e. The third kappa shape index (κ3) is 2.68. The minimum absolute atomic E-state index is 0.605. The summed E-state index contributed by atoms with van der Waals surface area (Å²) in [7, 11) is 6.34. The number of aryl methyl sites for hydroxylation is 2. The average Bonchev–Trinajstić information content (AvgIpc) is 2.69. The molecule has 0 saturated heterocycles. The Bertz CT molecular complexity index is 1320. The van der Waals surface area contributed by atoms with Crippen LogP contribution in [0, 0.1) is 12.8 Å². The molecule has 1 aliphatic heterocycles. The Kier molecular flexibility index (Phi) is 4.25. The van der Waals surface area contributed by atoms with Crippen LogP contribution in [-0.2, 0) is 13.5 Å². The van der Waals surface area contributed by atoms with Crippen LogP contribution in [-0.4, -0.2) is 14.1 Å². The molecule has 3 aromatic carbocycles. The molecule has 0 N–H and O–H groups in total. The van der Waals surface area contributed by atoms with Crippen LogP contribution in [0.25, 0.3) is 32.8 Å². The van der Waals surface area contributed by atoms with Crippen LogP contribution in [0.1, 0.15) is 25.0 Å². The van der Waals surface area contributed by atoms with Crippen molar-refractivity contribution in [1.29, 1.82) is 0 Å². The summed E-state index contributed by atoms with van der Waals surface area (Å²) in [6.07, 6.45) is 3.23. The zero-order valence-corrected chi connectivity index (χ0v) is 18.7. The second kappa shape index (κ2) is 6.73. The van der Waals surface area contributed by atoms with E-state index in [0.29, 0.717) is 5.92 Å². The van der Waals surface area contributed by atoms with E-state index in [4.69, 9.17) is 4.74 Å². The lowest BCUT2D eigenvalue weighted by atomic mass is 9.89. The molecule has 0 radical (unpaired) electrons. The Morgan fingerprint density at radius 1 is 1.03 bits per heavy atom. The van der Waals surface area contributed by atoms with Crippen molar-refractivity contribution in [2.45, 2.75) is 27.2 Å². The predicted molar refractivity (Wildman–Crippen MR) is 126 cm³/mol. The van der Waals surface area contributed by atoms with Crippen LogP contribution in [0.15, 0.2) is 48.7 Å². The first-order valence-electron chi connectivity index (χ1n) is 10.7. The molecule has 5 rings (SSSR count). The van der Waals surface area contributed by atoms with E-state index in [1.165, 1.54) is 43.9 Å². The molecule has 3 nitrogen and oxygen atoms in total. The minimum atomic E-state index is 0.605. The van der Waals surface area contributed by atoms with E-state index in [9.17, 15) is 0 Å². The van der Waals surface area contributed by atoms with Crippen molar-refractivity contribution >= 4 is 27.2 Å². The van der Waals surface area contributed by atoms with Gasteiger partial charge in [0.25, 0.3) is 0 Å². The fourth-order valence-corrected chi connectivity index (χ4v) is 5.00. The van der Waals surface area contributed by atoms with Gasteiger partial charge in [-0.1, -0.05) is 44.2 Å². The maximum Gasteiger partial charge on any atom is 0.228 e. The molecule has 1 aliphatic rings. The summed E-state index contributed by atoms with van der Waals surface area (Å²) in [5.41, 5.74) is 6.19. The molecular formula is C27H29N2O+. The number of fused-ring (bicyclic) bond motifs is 3. The van der Waals surface area contributed by atoms with E-state index in [0.717, 1.165) is 23.6 Å². The van der Waals surface area contributed by atoms with Crippen LogP contribution in [0.5, 0.6) is 11.5 Å². The molecule has 2 heterocycles. The fraction of sp³-hybridized carbons (Fsp3) is 0.296. The van der Waals surface area contributed by atoms with Crippen molar-refractivity contribution in [1.82, 2.24) is 0 Å². The van der Waals surface area contributed by atoms with E-state index < -0.39 is 0 Å². The number of rotatable bonds is 3. The van der Waals surface area contributed by atoms with E-state index in [2.05, 4.69) is 100 Å². The highest BCUT2D eigenvalue weighted by Gasteiger charge is 2.33. The van der Waals surface area contributed by atoms with Gasteiger partial charge < -0.3 is 9.64 Å². The molecular weight excluding hydrogens is 368 g/mol. The van der Waals surface area contributed by atoms with Crippen LogP contribution < -0.4 is 14.2 Å². The highest BCUT2D eigenvalue weighted by Crippen LogP contribution is 2.53. The van der Waals surface area contributed by atoms with Gasteiger partial charge in [0.1, 0.15) is 12.8 Å². The maximum absolute atomic E-state index is 6.75. The number of pyridine rings is 1. The van der Waals surface area contributed by atoms with E-state index in [1.807, 2.05) is 0 Å². The lowest BCUT2D eigenvalue weighted by molar-refractivity contribution is -0.659. The molecule has 152 valence electrons. The van der Waals surface area contributed by atoms with Gasteiger partial charge >= 0.3 is 0 Å². The number of hydrogen-bond acceptors (Lipinski definition) is 2. The molecule has 4 aromatic rings. The molecule has 0 amide bonds. The van der Waals surface area contributed by atoms with Crippen molar-refractivity contribution in [3.05, 3.63) is 59.8 Å². The number of nitrogens with zero attached hydrogens (tertiary/aromatic N) is 2. The van der Waals surface area contributed by atoms with E-state index in [-0.39, 0.29) is 0 Å². The summed E-state index contributed by atoms with van der Waals surface area (Å²) in [4.78, 5) is 2.18. The first-order chi connectivity index (χ1) is 14.4. The van der Waals surface area contributed by atoms with Crippen molar-refractivity contribution in [2.24, 2.45) is 13.0 Å². The standard InChI is InChI=1S/C27H29N2O/c1-16(2)13-18-14-19-11-12-29(6)26-23-17(3)20-9-7-8-10-21(20)25(28(4)5)27(23)30-22(15-18)24(19)26/h7-12,14-16H,13H2,1-6H3/q+1. The Labute approximate surface area is 178 Å². The van der Waals surface area contributed by atoms with Gasteiger partial charge in [0, 0.05) is 25.5 Å². The largest absolute Gasteiger partial charge is 0.453 e. The van der Waals surface area contributed by atoms with Crippen molar-refractivity contribution in [3.8, 4) is 22.8 Å². The Morgan fingerprint density at radius 2 is 1.77 bits per heavy atom. The average molecular weight is 398 g/mol. The van der Waals surface area contributed by atoms with Crippen molar-refractivity contribution in [3.63, 3.8) is 0 Å². The van der Waals surface area contributed by atoms with E-state index in [1.54, 1.807) is 0 Å². The molecule has 0 bridgehead atoms. The molecule has 30 heavy (non-hydrogen) atoms. The third-order valence-electron chi connectivity index (χ3n) is 6.20. The SMILES string of the molecule is Cc1c2c(c(N(C)C)c3ccccc13)Oc1cc(CC(C)C)cc3cc[n+](C)c-2c13. The molecule has 1 aromatic heterocycles. The molecule has 0 unspecified atom stereocenters. The normalized spacial score (nSPS) is 12.4. The fourth-order valence-electron chi connectivity index (χ4n) is 5.00. The summed E-state index contributed by atoms with van der Waals surface area (Å²) in [5.74, 6) is 2.54. The number of anilines is 1. The van der Waals surface area contributed by atoms with Crippen LogP contribution in [0.3, 0.4) is 0 Å². The van der Waals surface area contributed by atoms with Crippen LogP contribution in [0.2, 0.25) is 0 Å². The van der Waals surface area contributed by atoms with Gasteiger partial charge in [0.05, 0.1) is 16.6 Å². The highest BCUT2D eigenvalue weighted by molar-refractivity contribution is 6.10. The molecule has 3 heteroatoms. The Balaban J connectivity index is 1.94. The molecule has 0 fully saturated rings. The molecule has 0 saturated carbocycles. The third-order valence-corrected chi connectivity index (χ3v) is 6.20. The zero-order chi connectivity index (χ0) is 21.2.